The van der Waals surface area contributed by atoms with Gasteiger partial charge < -0.3 is 122 Å². The number of H-pyrrole nitrogens is 1. The first-order valence-electron chi connectivity index (χ1n) is 26.7. The minimum atomic E-state index is -6.30. The summed E-state index contributed by atoms with van der Waals surface area (Å²) in [5, 5.41) is 92.5. The van der Waals surface area contributed by atoms with Gasteiger partial charge in [0, 0.05) is 32.2 Å². The zero-order chi connectivity index (χ0) is 66.7. The third-order valence-corrected chi connectivity index (χ3v) is 15.5. The first kappa shape index (κ1) is 75.5. The normalized spacial score (nSPS) is 25.0. The van der Waals surface area contributed by atoms with Gasteiger partial charge in [-0.2, -0.15) is 0 Å². The van der Waals surface area contributed by atoms with Gasteiger partial charge in [0.25, 0.3) is 27.1 Å². The molecule has 40 nitrogen and oxygen atoms in total. The highest BCUT2D eigenvalue weighted by molar-refractivity contribution is 7.59. The number of aliphatic hydroxyl groups excluding tert-OH is 5. The average molecular weight is 1310 g/mol. The van der Waals surface area contributed by atoms with Crippen molar-refractivity contribution in [3.8, 4) is 0 Å². The fraction of sp³-hybridized carbons (Fsp3) is 0.696. The zero-order valence-electron chi connectivity index (χ0n) is 47.9. The number of carboxylic acids is 2. The second-order valence-electron chi connectivity index (χ2n) is 20.1. The number of hydrogen-bond acceptors (Lipinski definition) is 29. The molecule has 0 aromatic carbocycles. The number of carbonyl (C=O) groups is 10. The fourth-order valence-corrected chi connectivity index (χ4v) is 10.1. The van der Waals surface area contributed by atoms with Crippen LogP contribution < -0.4 is 79.5 Å². The number of carboxylic acid groups (broad SMARTS) is 2. The van der Waals surface area contributed by atoms with Gasteiger partial charge in [0.15, 0.2) is 18.6 Å². The second kappa shape index (κ2) is 34.3. The predicted molar refractivity (Wildman–Crippen MR) is 278 cm³/mol. The van der Waals surface area contributed by atoms with Crippen molar-refractivity contribution in [1.82, 2.24) is 52.1 Å². The van der Waals surface area contributed by atoms with Crippen LogP contribution in [0.15, 0.2) is 21.9 Å². The molecule has 19 atom stereocenters. The predicted octanol–water partition coefficient (Wildman–Crippen LogP) is -13.3. The van der Waals surface area contributed by atoms with E-state index in [2.05, 4.69) is 57.1 Å². The SMILES string of the molecule is CC(=O)N[C@H]1[C@@H](OP(=O)([O-])OP(=O)([O-])OC[C@H]2O[C@@H](n3ccc(=O)[nH]c3=O)[C@H](O)[C@@H]2O)O[C@H](CO)[C@@H](O)[C@@H]1O[C@H](C)C(=O)N[C@@H](C)C(=O)N[C@@H](CCC(=O)N[C@H](CCCCNC(=O)[C@H](C)NC(=O)[C@@H]([NH3+])CO)C(=O)N[C@@H](C)C(=O)N[C@H](C)C(=O)[O-])C(=O)[O-]. The van der Waals surface area contributed by atoms with Crippen molar-refractivity contribution in [2.75, 3.05) is 26.4 Å². The number of phosphoric ester groups is 2. The molecule has 0 aliphatic carbocycles. The molecule has 0 bridgehead atoms. The quantitative estimate of drug-likeness (QED) is 0.0222. The van der Waals surface area contributed by atoms with Crippen molar-refractivity contribution in [1.29, 1.82) is 0 Å². The minimum Gasteiger partial charge on any atom is -0.756 e. The summed E-state index contributed by atoms with van der Waals surface area (Å²) < 4.78 is 56.2. The molecule has 0 spiro atoms. The van der Waals surface area contributed by atoms with Crippen molar-refractivity contribution in [3.05, 3.63) is 33.1 Å². The molecule has 17 N–H and O–H groups in total. The number of rotatable bonds is 35. The Balaban J connectivity index is 1.66. The van der Waals surface area contributed by atoms with E-state index >= 15 is 0 Å². The number of nitrogens with one attached hydrogen (secondary N) is 9. The molecular formula is C46H72N11O29P2-3. The third-order valence-electron chi connectivity index (χ3n) is 12.9. The monoisotopic (exact) mass is 1300 g/mol. The van der Waals surface area contributed by atoms with Crippen molar-refractivity contribution < 1.29 is 136 Å². The Kier molecular flexibility index (Phi) is 29.4. The van der Waals surface area contributed by atoms with Crippen LogP contribution in [0.2, 0.25) is 0 Å². The Bertz CT molecular complexity index is 2870. The topological polar surface area (TPSA) is 632 Å². The molecule has 42 heteroatoms. The standard InChI is InChI=1S/C46H75N11O29P2/c1-18(50-40(70)24(47)15-58)36(66)48-13-8-7-9-25(41(71)51-19(2)37(67)52-21(4)43(72)73)54-29(61)11-10-26(44(74)75)55-38(68)20(3)49-39(69)22(5)82-35-31(53-23(6)60)45(84-27(16-59)33(35)64)85-88(79,80)86-87(77,78)81-17-28-32(63)34(65)42(83-28)57-14-12-30(62)56-46(57)76/h12,14,18-22,24-28,31-35,42,45,58-59,63-65H,7-11,13,15-17,47H2,1-6H3,(H,48,66)(H,49,69)(H,50,70)(H,51,71)(H,52,67)(H,53,60)(H,54,61)(H,55,68)(H,72,73)(H,74,75)(H,77,78)(H,79,80)(H,56,62,76)/p-3/t18-,19-,20-,21+,22+,24-,25+,26-,27+,28+,31+,32+,33+,34+,35+,42+,45+/m0/s1. The van der Waals surface area contributed by atoms with Crippen LogP contribution in [0.1, 0.15) is 79.9 Å². The maximum Gasteiger partial charge on any atom is 0.330 e. The molecule has 88 heavy (non-hydrogen) atoms. The van der Waals surface area contributed by atoms with E-state index in [1.54, 1.807) is 0 Å². The summed E-state index contributed by atoms with van der Waals surface area (Å²) in [6.07, 6.45) is -18.1. The Morgan fingerprint density at radius 2 is 1.31 bits per heavy atom. The third kappa shape index (κ3) is 23.3. The van der Waals surface area contributed by atoms with Gasteiger partial charge in [-0.3, -0.25) is 66.4 Å². The maximum absolute atomic E-state index is 13.4. The lowest BCUT2D eigenvalue weighted by Gasteiger charge is -2.46. The number of unbranched alkanes of at least 4 members (excludes halogenated alkanes) is 1. The van der Waals surface area contributed by atoms with Crippen LogP contribution in [0.5, 0.6) is 0 Å². The lowest BCUT2D eigenvalue weighted by molar-refractivity contribution is -0.409. The summed E-state index contributed by atoms with van der Waals surface area (Å²) in [6.45, 7) is 3.56. The van der Waals surface area contributed by atoms with Crippen LogP contribution in [-0.4, -0.2) is 218 Å². The number of nitrogens with zero attached hydrogens (tertiary/aromatic N) is 1. The number of quaternary nitrogens is 1. The number of aromatic nitrogens is 2. The Morgan fingerprint density at radius 3 is 1.89 bits per heavy atom. The Labute approximate surface area is 498 Å². The van der Waals surface area contributed by atoms with Gasteiger partial charge in [0.2, 0.25) is 41.4 Å². The summed E-state index contributed by atoms with van der Waals surface area (Å²) in [4.78, 5) is 177. The molecule has 1 aromatic heterocycles. The van der Waals surface area contributed by atoms with Crippen LogP contribution in [0.4, 0.5) is 0 Å². The minimum absolute atomic E-state index is 0.00639. The molecule has 2 saturated heterocycles. The number of hydrogen-bond donors (Lipinski definition) is 15. The van der Waals surface area contributed by atoms with E-state index in [0.717, 1.165) is 40.0 Å². The summed E-state index contributed by atoms with van der Waals surface area (Å²) in [7, 11) is -12.4. The highest BCUT2D eigenvalue weighted by Crippen LogP contribution is 2.57. The van der Waals surface area contributed by atoms with Crippen molar-refractivity contribution in [2.24, 2.45) is 0 Å². The van der Waals surface area contributed by atoms with E-state index in [1.807, 2.05) is 4.98 Å². The van der Waals surface area contributed by atoms with E-state index in [1.165, 1.54) is 13.8 Å². The molecule has 2 aliphatic heterocycles. The van der Waals surface area contributed by atoms with Crippen LogP contribution in [0.3, 0.4) is 0 Å². The molecular weight excluding hydrogens is 1230 g/mol. The van der Waals surface area contributed by atoms with Gasteiger partial charge in [-0.25, -0.2) is 9.11 Å². The van der Waals surface area contributed by atoms with Gasteiger partial charge in [-0.1, -0.05) is 0 Å². The van der Waals surface area contributed by atoms with Crippen LogP contribution in [0.25, 0.3) is 0 Å². The molecule has 3 rings (SSSR count). The molecule has 3 heterocycles. The first-order chi connectivity index (χ1) is 40.9. The number of aromatic amines is 1. The first-order valence-corrected chi connectivity index (χ1v) is 29.7. The molecule has 0 saturated carbocycles. The van der Waals surface area contributed by atoms with Gasteiger partial charge in [0.05, 0.1) is 37.2 Å². The highest BCUT2D eigenvalue weighted by atomic mass is 31.3. The number of amides is 8. The zero-order valence-corrected chi connectivity index (χ0v) is 49.7. The molecule has 0 radical (unpaired) electrons. The van der Waals surface area contributed by atoms with E-state index in [-0.39, 0.29) is 25.8 Å². The highest BCUT2D eigenvalue weighted by Gasteiger charge is 2.50. The Hall–Kier alpha value is -6.72. The van der Waals surface area contributed by atoms with E-state index in [9.17, 15) is 107 Å². The molecule has 498 valence electrons. The van der Waals surface area contributed by atoms with Gasteiger partial charge in [-0.15, -0.1) is 0 Å². The van der Waals surface area contributed by atoms with Crippen molar-refractivity contribution >= 4 is 74.8 Å². The fourth-order valence-electron chi connectivity index (χ4n) is 8.03. The lowest BCUT2D eigenvalue weighted by atomic mass is 9.96. The number of aliphatic carboxylic acids is 2. The number of carbonyl (C=O) groups excluding carboxylic acids is 10. The van der Waals surface area contributed by atoms with E-state index in [4.69, 9.17) is 23.8 Å². The van der Waals surface area contributed by atoms with Gasteiger partial charge in [-0.05, 0) is 60.3 Å². The molecule has 2 fully saturated rings. The van der Waals surface area contributed by atoms with Gasteiger partial charge >= 0.3 is 5.69 Å². The Morgan fingerprint density at radius 1 is 0.716 bits per heavy atom. The van der Waals surface area contributed by atoms with E-state index < -0.39 is 222 Å². The summed E-state index contributed by atoms with van der Waals surface area (Å²) in [5.74, 6) is -11.2. The maximum atomic E-state index is 13.4. The summed E-state index contributed by atoms with van der Waals surface area (Å²) >= 11 is 0. The average Bonchev–Trinajstić information content (AvgIpc) is 1.26. The summed E-state index contributed by atoms with van der Waals surface area (Å²) in [5.41, 5.74) is 1.50. The van der Waals surface area contributed by atoms with Gasteiger partial charge in [0.1, 0.15) is 79.5 Å². The molecule has 2 unspecified atom stereocenters. The largest absolute Gasteiger partial charge is 0.756 e. The number of ether oxygens (including phenoxy) is 3. The van der Waals surface area contributed by atoms with Crippen molar-refractivity contribution in [3.63, 3.8) is 0 Å². The smallest absolute Gasteiger partial charge is 0.330 e. The molecule has 1 aromatic rings. The van der Waals surface area contributed by atoms with Crippen LogP contribution in [-0.2, 0) is 84.6 Å². The second-order valence-corrected chi connectivity index (χ2v) is 23.0. The van der Waals surface area contributed by atoms with Crippen LogP contribution in [0, 0.1) is 0 Å². The number of aliphatic hydroxyl groups is 5. The molecule has 8 amide bonds. The van der Waals surface area contributed by atoms with E-state index in [0.29, 0.717) is 4.57 Å². The summed E-state index contributed by atoms with van der Waals surface area (Å²) in [6, 6.07) is -11.2. The number of phosphoric acid groups is 2. The lowest BCUT2D eigenvalue weighted by Crippen LogP contribution is -2.70. The van der Waals surface area contributed by atoms with Crippen LogP contribution >= 0.6 is 15.6 Å². The molecule has 2 aliphatic rings. The van der Waals surface area contributed by atoms with Crippen molar-refractivity contribution in [2.45, 2.75) is 177 Å².